The number of allylic oxidation sites excluding steroid dienone is 1. The monoisotopic (exact) mass is 172 g/mol. The van der Waals surface area contributed by atoms with Gasteiger partial charge in [-0.05, 0) is 12.1 Å². The van der Waals surface area contributed by atoms with E-state index >= 15 is 0 Å². The van der Waals surface area contributed by atoms with Gasteiger partial charge in [0.2, 0.25) is 0 Å². The lowest BCUT2D eigenvalue weighted by molar-refractivity contribution is 0.937. The molecule has 0 aromatic carbocycles. The average Bonchev–Trinajstić information content (AvgIpc) is 2.63. The fraction of sp³-hybridized carbons (Fsp3) is 0. The molecule has 13 heavy (non-hydrogen) atoms. The first-order valence-corrected chi connectivity index (χ1v) is 3.83. The van der Waals surface area contributed by atoms with Gasteiger partial charge in [-0.3, -0.25) is 5.41 Å². The van der Waals surface area contributed by atoms with Gasteiger partial charge >= 0.3 is 0 Å². The highest BCUT2D eigenvalue weighted by atomic mass is 15.2. The molecule has 0 unspecified atom stereocenters. The SMILES string of the molecule is C=CC(=N)c1ccn2nccc2n1. The molecule has 0 bridgehead atoms. The van der Waals surface area contributed by atoms with Crippen molar-refractivity contribution in [3.8, 4) is 0 Å². The molecule has 0 saturated heterocycles. The van der Waals surface area contributed by atoms with Crippen LogP contribution in [-0.2, 0) is 0 Å². The topological polar surface area (TPSA) is 54.0 Å². The van der Waals surface area contributed by atoms with Crippen LogP contribution in [0.5, 0.6) is 0 Å². The van der Waals surface area contributed by atoms with Gasteiger partial charge in [0.25, 0.3) is 0 Å². The summed E-state index contributed by atoms with van der Waals surface area (Å²) in [5.74, 6) is 0. The van der Waals surface area contributed by atoms with Gasteiger partial charge in [0.05, 0.1) is 17.6 Å². The zero-order chi connectivity index (χ0) is 9.26. The van der Waals surface area contributed by atoms with Gasteiger partial charge in [0, 0.05) is 12.3 Å². The van der Waals surface area contributed by atoms with Gasteiger partial charge in [0.15, 0.2) is 5.65 Å². The molecule has 2 aromatic heterocycles. The molecule has 0 atom stereocenters. The van der Waals surface area contributed by atoms with Crippen molar-refractivity contribution in [1.82, 2.24) is 14.6 Å². The fourth-order valence-corrected chi connectivity index (χ4v) is 1.07. The Hall–Kier alpha value is -1.97. The van der Waals surface area contributed by atoms with Gasteiger partial charge in [-0.25, -0.2) is 9.50 Å². The molecule has 64 valence electrons. The Morgan fingerprint density at radius 3 is 3.15 bits per heavy atom. The minimum absolute atomic E-state index is 0.323. The summed E-state index contributed by atoms with van der Waals surface area (Å²) in [4.78, 5) is 4.21. The average molecular weight is 172 g/mol. The van der Waals surface area contributed by atoms with Crippen molar-refractivity contribution >= 4 is 11.4 Å². The molecule has 0 radical (unpaired) electrons. The van der Waals surface area contributed by atoms with E-state index in [0.717, 1.165) is 5.65 Å². The second kappa shape index (κ2) is 2.82. The van der Waals surface area contributed by atoms with Crippen LogP contribution in [0.4, 0.5) is 0 Å². The van der Waals surface area contributed by atoms with Crippen molar-refractivity contribution in [3.63, 3.8) is 0 Å². The second-order valence-corrected chi connectivity index (χ2v) is 2.56. The van der Waals surface area contributed by atoms with Crippen LogP contribution in [0.25, 0.3) is 5.65 Å². The second-order valence-electron chi connectivity index (χ2n) is 2.56. The van der Waals surface area contributed by atoms with Gasteiger partial charge in [0.1, 0.15) is 0 Å². The minimum Gasteiger partial charge on any atom is -0.299 e. The molecule has 4 nitrogen and oxygen atoms in total. The standard InChI is InChI=1S/C9H8N4/c1-2-7(10)8-4-6-13-9(12-8)3-5-11-13/h2-6,10H,1H2. The highest BCUT2D eigenvalue weighted by molar-refractivity contribution is 6.04. The van der Waals surface area contributed by atoms with Crippen molar-refractivity contribution < 1.29 is 0 Å². The Labute approximate surface area is 75.0 Å². The third-order valence-electron chi connectivity index (χ3n) is 1.74. The minimum atomic E-state index is 0.323. The predicted molar refractivity (Wildman–Crippen MR) is 50.0 cm³/mol. The first-order chi connectivity index (χ1) is 6.31. The van der Waals surface area contributed by atoms with E-state index in [1.807, 2.05) is 0 Å². The first-order valence-electron chi connectivity index (χ1n) is 3.83. The molecule has 2 aromatic rings. The first kappa shape index (κ1) is 7.67. The van der Waals surface area contributed by atoms with E-state index in [0.29, 0.717) is 11.4 Å². The van der Waals surface area contributed by atoms with E-state index < -0.39 is 0 Å². The Balaban J connectivity index is 2.60. The zero-order valence-corrected chi connectivity index (χ0v) is 6.94. The molecule has 0 aliphatic heterocycles. The lowest BCUT2D eigenvalue weighted by atomic mass is 10.2. The fourth-order valence-electron chi connectivity index (χ4n) is 1.07. The summed E-state index contributed by atoms with van der Waals surface area (Å²) in [5.41, 5.74) is 1.68. The number of fused-ring (bicyclic) bond motifs is 1. The number of hydrogen-bond donors (Lipinski definition) is 1. The molecule has 0 fully saturated rings. The summed E-state index contributed by atoms with van der Waals surface area (Å²) >= 11 is 0. The molecule has 0 aliphatic rings. The van der Waals surface area contributed by atoms with E-state index in [1.54, 1.807) is 29.0 Å². The van der Waals surface area contributed by atoms with E-state index in [-0.39, 0.29) is 0 Å². The summed E-state index contributed by atoms with van der Waals surface area (Å²) in [7, 11) is 0. The molecule has 0 amide bonds. The van der Waals surface area contributed by atoms with Crippen molar-refractivity contribution in [2.24, 2.45) is 0 Å². The Morgan fingerprint density at radius 1 is 1.54 bits per heavy atom. The quantitative estimate of drug-likeness (QED) is 0.694. The zero-order valence-electron chi connectivity index (χ0n) is 6.94. The van der Waals surface area contributed by atoms with Crippen LogP contribution >= 0.6 is 0 Å². The molecular weight excluding hydrogens is 164 g/mol. The summed E-state index contributed by atoms with van der Waals surface area (Å²) < 4.78 is 1.65. The number of nitrogens with zero attached hydrogens (tertiary/aromatic N) is 3. The largest absolute Gasteiger partial charge is 0.299 e. The van der Waals surface area contributed by atoms with Crippen LogP contribution in [0, 0.1) is 5.41 Å². The van der Waals surface area contributed by atoms with E-state index in [9.17, 15) is 0 Å². The molecule has 4 heteroatoms. The number of hydrogen-bond acceptors (Lipinski definition) is 3. The maximum Gasteiger partial charge on any atom is 0.155 e. The van der Waals surface area contributed by atoms with E-state index in [1.165, 1.54) is 6.08 Å². The van der Waals surface area contributed by atoms with Crippen molar-refractivity contribution in [1.29, 1.82) is 5.41 Å². The van der Waals surface area contributed by atoms with Gasteiger partial charge in [-0.15, -0.1) is 0 Å². The van der Waals surface area contributed by atoms with Crippen molar-refractivity contribution in [2.45, 2.75) is 0 Å². The number of nitrogens with one attached hydrogen (secondary N) is 1. The third-order valence-corrected chi connectivity index (χ3v) is 1.74. The summed E-state index contributed by atoms with van der Waals surface area (Å²) in [6, 6.07) is 3.53. The summed E-state index contributed by atoms with van der Waals surface area (Å²) in [6.45, 7) is 3.52. The number of rotatable bonds is 2. The molecule has 1 N–H and O–H groups in total. The van der Waals surface area contributed by atoms with Crippen LogP contribution in [0.3, 0.4) is 0 Å². The van der Waals surface area contributed by atoms with Crippen molar-refractivity contribution in [3.05, 3.63) is 42.9 Å². The van der Waals surface area contributed by atoms with Crippen LogP contribution in [0.2, 0.25) is 0 Å². The maximum absolute atomic E-state index is 7.50. The highest BCUT2D eigenvalue weighted by Gasteiger charge is 2.00. The van der Waals surface area contributed by atoms with Crippen LogP contribution in [-0.4, -0.2) is 20.3 Å². The molecule has 0 spiro atoms. The smallest absolute Gasteiger partial charge is 0.155 e. The predicted octanol–water partition coefficient (Wildman–Crippen LogP) is 1.28. The van der Waals surface area contributed by atoms with Gasteiger partial charge in [-0.1, -0.05) is 6.58 Å². The molecular formula is C9H8N4. The van der Waals surface area contributed by atoms with E-state index in [2.05, 4.69) is 16.7 Å². The van der Waals surface area contributed by atoms with Gasteiger partial charge < -0.3 is 0 Å². The maximum atomic E-state index is 7.50. The van der Waals surface area contributed by atoms with Crippen molar-refractivity contribution in [2.75, 3.05) is 0 Å². The van der Waals surface area contributed by atoms with Crippen LogP contribution < -0.4 is 0 Å². The lowest BCUT2D eigenvalue weighted by Crippen LogP contribution is -2.00. The Kier molecular flexibility index (Phi) is 1.66. The Morgan fingerprint density at radius 2 is 2.38 bits per heavy atom. The molecule has 2 heterocycles. The van der Waals surface area contributed by atoms with Gasteiger partial charge in [-0.2, -0.15) is 5.10 Å². The van der Waals surface area contributed by atoms with Crippen LogP contribution in [0.1, 0.15) is 5.69 Å². The van der Waals surface area contributed by atoms with Crippen LogP contribution in [0.15, 0.2) is 37.2 Å². The normalized spacial score (nSPS) is 10.2. The van der Waals surface area contributed by atoms with E-state index in [4.69, 9.17) is 5.41 Å². The third kappa shape index (κ3) is 1.22. The Bertz CT molecular complexity index is 469. The number of aromatic nitrogens is 3. The molecule has 2 rings (SSSR count). The highest BCUT2D eigenvalue weighted by Crippen LogP contribution is 2.01. The molecule has 0 saturated carbocycles. The summed E-state index contributed by atoms with van der Waals surface area (Å²) in [5, 5.41) is 11.5. The summed E-state index contributed by atoms with van der Waals surface area (Å²) in [6.07, 6.45) is 4.91. The molecule has 0 aliphatic carbocycles. The lowest BCUT2D eigenvalue weighted by Gasteiger charge is -1.97.